The standard InChI is InChI=1S/C22H28N2O4S/c1-16(2)19-10-6-18(7-11-19)15-24(4)22(25)13-9-17-8-12-20(28-5)21(14-17)29(26,27)23-3/h6-14,16,23H,15H2,1-5H3/b13-9+. The molecule has 0 fully saturated rings. The molecule has 6 nitrogen and oxygen atoms in total. The average molecular weight is 417 g/mol. The van der Waals surface area contributed by atoms with E-state index in [2.05, 4.69) is 30.7 Å². The van der Waals surface area contributed by atoms with Crippen LogP contribution < -0.4 is 9.46 Å². The lowest BCUT2D eigenvalue weighted by molar-refractivity contribution is -0.125. The van der Waals surface area contributed by atoms with Crippen LogP contribution in [-0.4, -0.2) is 40.4 Å². The molecule has 0 radical (unpaired) electrons. The number of hydrogen-bond donors (Lipinski definition) is 1. The first-order chi connectivity index (χ1) is 13.7. The molecule has 0 bridgehead atoms. The van der Waals surface area contributed by atoms with Gasteiger partial charge in [0, 0.05) is 19.7 Å². The van der Waals surface area contributed by atoms with Gasteiger partial charge in [0.05, 0.1) is 7.11 Å². The van der Waals surface area contributed by atoms with Crippen LogP contribution in [0.3, 0.4) is 0 Å². The van der Waals surface area contributed by atoms with Crippen LogP contribution in [0, 0.1) is 0 Å². The van der Waals surface area contributed by atoms with E-state index in [4.69, 9.17) is 4.74 Å². The van der Waals surface area contributed by atoms with Gasteiger partial charge in [-0.2, -0.15) is 0 Å². The summed E-state index contributed by atoms with van der Waals surface area (Å²) in [7, 11) is 0.802. The first-order valence-corrected chi connectivity index (χ1v) is 10.8. The second-order valence-electron chi connectivity index (χ2n) is 7.04. The molecule has 156 valence electrons. The molecule has 29 heavy (non-hydrogen) atoms. The third-order valence-corrected chi connectivity index (χ3v) is 6.04. The molecule has 0 aliphatic heterocycles. The second kappa shape index (κ2) is 9.71. The molecule has 0 aliphatic rings. The van der Waals surface area contributed by atoms with Gasteiger partial charge in [-0.15, -0.1) is 0 Å². The Bertz CT molecular complexity index is 980. The van der Waals surface area contributed by atoms with E-state index in [0.717, 1.165) is 5.56 Å². The van der Waals surface area contributed by atoms with Crippen LogP contribution in [0.2, 0.25) is 0 Å². The summed E-state index contributed by atoms with van der Waals surface area (Å²) in [5, 5.41) is 0. The molecule has 0 saturated carbocycles. The third-order valence-electron chi connectivity index (χ3n) is 4.61. The molecule has 2 aromatic carbocycles. The van der Waals surface area contributed by atoms with Crippen molar-refractivity contribution in [2.24, 2.45) is 0 Å². The van der Waals surface area contributed by atoms with E-state index in [-0.39, 0.29) is 16.6 Å². The highest BCUT2D eigenvalue weighted by Crippen LogP contribution is 2.25. The van der Waals surface area contributed by atoms with Crippen molar-refractivity contribution in [3.8, 4) is 5.75 Å². The topological polar surface area (TPSA) is 75.7 Å². The maximum absolute atomic E-state index is 12.4. The summed E-state index contributed by atoms with van der Waals surface area (Å²) >= 11 is 0. The quantitative estimate of drug-likeness (QED) is 0.669. The lowest BCUT2D eigenvalue weighted by Crippen LogP contribution is -2.24. The number of ether oxygens (including phenoxy) is 1. The third kappa shape index (κ3) is 5.92. The summed E-state index contributed by atoms with van der Waals surface area (Å²) < 4.78 is 31.7. The van der Waals surface area contributed by atoms with Crippen molar-refractivity contribution in [2.45, 2.75) is 31.2 Å². The fraction of sp³-hybridized carbons (Fsp3) is 0.318. The molecule has 7 heteroatoms. The smallest absolute Gasteiger partial charge is 0.246 e. The molecule has 2 rings (SSSR count). The van der Waals surface area contributed by atoms with Gasteiger partial charge in [-0.05, 0) is 47.9 Å². The SMILES string of the molecule is CNS(=O)(=O)c1cc(/C=C/C(=O)N(C)Cc2ccc(C(C)C)cc2)ccc1OC. The minimum Gasteiger partial charge on any atom is -0.495 e. The first-order valence-electron chi connectivity index (χ1n) is 9.31. The van der Waals surface area contributed by atoms with Gasteiger partial charge in [0.25, 0.3) is 0 Å². The van der Waals surface area contributed by atoms with Gasteiger partial charge >= 0.3 is 0 Å². The normalized spacial score (nSPS) is 11.8. The fourth-order valence-corrected chi connectivity index (χ4v) is 3.70. The highest BCUT2D eigenvalue weighted by Gasteiger charge is 2.17. The number of nitrogens with one attached hydrogen (secondary N) is 1. The molecule has 0 aromatic heterocycles. The Labute approximate surface area is 173 Å². The summed E-state index contributed by atoms with van der Waals surface area (Å²) in [5.41, 5.74) is 2.89. The lowest BCUT2D eigenvalue weighted by atomic mass is 10.0. The second-order valence-corrected chi connectivity index (χ2v) is 8.90. The van der Waals surface area contributed by atoms with Crippen molar-refractivity contribution in [1.82, 2.24) is 9.62 Å². The number of hydrogen-bond acceptors (Lipinski definition) is 4. The van der Waals surface area contributed by atoms with Crippen molar-refractivity contribution < 1.29 is 17.9 Å². The summed E-state index contributed by atoms with van der Waals surface area (Å²) in [6, 6.07) is 12.9. The largest absolute Gasteiger partial charge is 0.495 e. The number of methoxy groups -OCH3 is 1. The Morgan fingerprint density at radius 1 is 1.17 bits per heavy atom. The van der Waals surface area contributed by atoms with E-state index >= 15 is 0 Å². The van der Waals surface area contributed by atoms with Crippen molar-refractivity contribution in [1.29, 1.82) is 0 Å². The molecule has 0 aliphatic carbocycles. The Morgan fingerprint density at radius 3 is 2.38 bits per heavy atom. The highest BCUT2D eigenvalue weighted by atomic mass is 32.2. The van der Waals surface area contributed by atoms with Gasteiger partial charge < -0.3 is 9.64 Å². The molecule has 1 amide bonds. The number of rotatable bonds is 8. The first kappa shape index (κ1) is 22.6. The predicted molar refractivity (Wildman–Crippen MR) is 115 cm³/mol. The number of sulfonamides is 1. The van der Waals surface area contributed by atoms with Gasteiger partial charge in [0.2, 0.25) is 15.9 Å². The minimum absolute atomic E-state index is 0.0238. The average Bonchev–Trinajstić information content (AvgIpc) is 2.72. The van der Waals surface area contributed by atoms with Crippen molar-refractivity contribution in [3.05, 3.63) is 65.2 Å². The van der Waals surface area contributed by atoms with E-state index in [0.29, 0.717) is 18.0 Å². The highest BCUT2D eigenvalue weighted by molar-refractivity contribution is 7.89. The zero-order valence-corrected chi connectivity index (χ0v) is 18.3. The van der Waals surface area contributed by atoms with Crippen LogP contribution in [-0.2, 0) is 21.4 Å². The summed E-state index contributed by atoms with van der Waals surface area (Å²) in [6.45, 7) is 4.77. The summed E-state index contributed by atoms with van der Waals surface area (Å²) in [4.78, 5) is 14.1. The van der Waals surface area contributed by atoms with Crippen molar-refractivity contribution in [3.63, 3.8) is 0 Å². The van der Waals surface area contributed by atoms with Crippen LogP contribution >= 0.6 is 0 Å². The van der Waals surface area contributed by atoms with Gasteiger partial charge in [-0.25, -0.2) is 13.1 Å². The van der Waals surface area contributed by atoms with E-state index < -0.39 is 10.0 Å². The molecule has 0 heterocycles. The fourth-order valence-electron chi connectivity index (χ4n) is 2.77. The van der Waals surface area contributed by atoms with Crippen LogP contribution in [0.15, 0.2) is 53.4 Å². The van der Waals surface area contributed by atoms with Crippen molar-refractivity contribution in [2.75, 3.05) is 21.2 Å². The number of amides is 1. The Balaban J connectivity index is 2.12. The summed E-state index contributed by atoms with van der Waals surface area (Å²) in [5.74, 6) is 0.532. The van der Waals surface area contributed by atoms with E-state index in [1.165, 1.54) is 31.9 Å². The van der Waals surface area contributed by atoms with E-state index in [1.54, 1.807) is 30.2 Å². The zero-order valence-electron chi connectivity index (χ0n) is 17.5. The number of nitrogens with zero attached hydrogens (tertiary/aromatic N) is 1. The molecule has 0 saturated heterocycles. The molecule has 1 N–H and O–H groups in total. The maximum atomic E-state index is 12.4. The Morgan fingerprint density at radius 2 is 1.83 bits per heavy atom. The molecule has 2 aromatic rings. The van der Waals surface area contributed by atoms with Crippen LogP contribution in [0.25, 0.3) is 6.08 Å². The number of carbonyl (C=O) groups is 1. The van der Waals surface area contributed by atoms with Gasteiger partial charge in [-0.3, -0.25) is 4.79 Å². The minimum atomic E-state index is -3.67. The van der Waals surface area contributed by atoms with Gasteiger partial charge in [0.1, 0.15) is 10.6 Å². The number of carbonyl (C=O) groups excluding carboxylic acids is 1. The molecular weight excluding hydrogens is 388 g/mol. The van der Waals surface area contributed by atoms with Gasteiger partial charge in [0.15, 0.2) is 0 Å². The number of likely N-dealkylation sites (N-methyl/N-ethyl adjacent to an activating group) is 1. The van der Waals surface area contributed by atoms with Gasteiger partial charge in [-0.1, -0.05) is 44.2 Å². The van der Waals surface area contributed by atoms with Crippen LogP contribution in [0.4, 0.5) is 0 Å². The maximum Gasteiger partial charge on any atom is 0.246 e. The van der Waals surface area contributed by atoms with Crippen LogP contribution in [0.5, 0.6) is 5.75 Å². The van der Waals surface area contributed by atoms with Crippen LogP contribution in [0.1, 0.15) is 36.5 Å². The molecular formula is C22H28N2O4S. The van der Waals surface area contributed by atoms with E-state index in [9.17, 15) is 13.2 Å². The molecule has 0 spiro atoms. The lowest BCUT2D eigenvalue weighted by Gasteiger charge is -2.16. The zero-order chi connectivity index (χ0) is 21.6. The monoisotopic (exact) mass is 416 g/mol. The Hall–Kier alpha value is -2.64. The molecule has 0 unspecified atom stereocenters. The summed E-state index contributed by atoms with van der Waals surface area (Å²) in [6.07, 6.45) is 3.02. The van der Waals surface area contributed by atoms with Crippen molar-refractivity contribution >= 4 is 22.0 Å². The predicted octanol–water partition coefficient (Wildman–Crippen LogP) is 3.40. The van der Waals surface area contributed by atoms with E-state index in [1.807, 2.05) is 12.1 Å². The molecule has 0 atom stereocenters. The number of benzene rings is 2. The Kier molecular flexibility index (Phi) is 7.59.